The Labute approximate surface area is 92.7 Å². The first-order valence-electron chi connectivity index (χ1n) is 5.40. The lowest BCUT2D eigenvalue weighted by molar-refractivity contribution is -0.115. The van der Waals surface area contributed by atoms with Crippen LogP contribution >= 0.6 is 0 Å². The number of hydrogen-bond donors (Lipinski definition) is 1. The molecule has 0 aromatic heterocycles. The molecule has 0 aliphatic heterocycles. The standard InChI is InChI=1S/C12H13F2NO/c1-2-12(16)15-11-6-9(13)8(5-10(11)14)7-3-4-7/h5-7H,2-4H2,1H3,(H,15,16). The highest BCUT2D eigenvalue weighted by molar-refractivity contribution is 5.90. The Kier molecular flexibility index (Phi) is 2.90. The van der Waals surface area contributed by atoms with E-state index in [9.17, 15) is 13.6 Å². The van der Waals surface area contributed by atoms with E-state index in [1.807, 2.05) is 0 Å². The lowest BCUT2D eigenvalue weighted by Gasteiger charge is -2.08. The molecule has 1 amide bonds. The fraction of sp³-hybridized carbons (Fsp3) is 0.417. The summed E-state index contributed by atoms with van der Waals surface area (Å²) in [6.45, 7) is 1.65. The maximum Gasteiger partial charge on any atom is 0.224 e. The Morgan fingerprint density at radius 3 is 2.62 bits per heavy atom. The third-order valence-corrected chi connectivity index (χ3v) is 2.70. The van der Waals surface area contributed by atoms with E-state index < -0.39 is 11.6 Å². The smallest absolute Gasteiger partial charge is 0.224 e. The van der Waals surface area contributed by atoms with E-state index in [-0.39, 0.29) is 23.9 Å². The van der Waals surface area contributed by atoms with Crippen LogP contribution in [0.4, 0.5) is 14.5 Å². The molecule has 86 valence electrons. The van der Waals surface area contributed by atoms with Crippen molar-refractivity contribution < 1.29 is 13.6 Å². The highest BCUT2D eigenvalue weighted by Crippen LogP contribution is 2.42. The second-order valence-electron chi connectivity index (χ2n) is 4.03. The molecule has 2 nitrogen and oxygen atoms in total. The van der Waals surface area contributed by atoms with E-state index in [1.54, 1.807) is 6.92 Å². The molecular formula is C12H13F2NO. The van der Waals surface area contributed by atoms with Gasteiger partial charge in [-0.15, -0.1) is 0 Å². The van der Waals surface area contributed by atoms with Crippen molar-refractivity contribution in [3.05, 3.63) is 29.3 Å². The second kappa shape index (κ2) is 4.20. The highest BCUT2D eigenvalue weighted by atomic mass is 19.1. The van der Waals surface area contributed by atoms with Gasteiger partial charge in [-0.2, -0.15) is 0 Å². The minimum Gasteiger partial charge on any atom is -0.324 e. The molecule has 0 saturated heterocycles. The highest BCUT2D eigenvalue weighted by Gasteiger charge is 2.27. The molecule has 2 rings (SSSR count). The second-order valence-corrected chi connectivity index (χ2v) is 4.03. The molecule has 0 unspecified atom stereocenters. The average molecular weight is 225 g/mol. The molecular weight excluding hydrogens is 212 g/mol. The van der Waals surface area contributed by atoms with E-state index >= 15 is 0 Å². The summed E-state index contributed by atoms with van der Waals surface area (Å²) in [5.74, 6) is -1.16. The number of hydrogen-bond acceptors (Lipinski definition) is 1. The number of halogens is 2. The van der Waals surface area contributed by atoms with Gasteiger partial charge in [0.1, 0.15) is 11.6 Å². The summed E-state index contributed by atoms with van der Waals surface area (Å²) >= 11 is 0. The maximum atomic E-state index is 13.6. The molecule has 1 saturated carbocycles. The average Bonchev–Trinajstić information content (AvgIpc) is 3.06. The van der Waals surface area contributed by atoms with Crippen molar-refractivity contribution >= 4 is 11.6 Å². The van der Waals surface area contributed by atoms with Crippen molar-refractivity contribution in [3.8, 4) is 0 Å². The monoisotopic (exact) mass is 225 g/mol. The topological polar surface area (TPSA) is 29.1 Å². The zero-order chi connectivity index (χ0) is 11.7. The third-order valence-electron chi connectivity index (χ3n) is 2.70. The molecule has 1 aromatic rings. The van der Waals surface area contributed by atoms with Crippen molar-refractivity contribution in [2.75, 3.05) is 5.32 Å². The van der Waals surface area contributed by atoms with Gasteiger partial charge >= 0.3 is 0 Å². The Hall–Kier alpha value is -1.45. The van der Waals surface area contributed by atoms with Gasteiger partial charge in [0.25, 0.3) is 0 Å². The maximum absolute atomic E-state index is 13.6. The van der Waals surface area contributed by atoms with Crippen LogP contribution in [-0.2, 0) is 4.79 Å². The molecule has 1 aliphatic rings. The molecule has 4 heteroatoms. The SMILES string of the molecule is CCC(=O)Nc1cc(F)c(C2CC2)cc1F. The fourth-order valence-corrected chi connectivity index (χ4v) is 1.60. The molecule has 1 aliphatic carbocycles. The molecule has 16 heavy (non-hydrogen) atoms. The van der Waals surface area contributed by atoms with Gasteiger partial charge in [0.05, 0.1) is 5.69 Å². The molecule has 1 N–H and O–H groups in total. The van der Waals surface area contributed by atoms with Gasteiger partial charge < -0.3 is 5.32 Å². The van der Waals surface area contributed by atoms with Crippen molar-refractivity contribution in [1.82, 2.24) is 0 Å². The third kappa shape index (κ3) is 2.21. The normalized spacial score (nSPS) is 14.9. The number of carbonyl (C=O) groups excluding carboxylic acids is 1. The zero-order valence-electron chi connectivity index (χ0n) is 9.02. The van der Waals surface area contributed by atoms with E-state index in [0.29, 0.717) is 5.56 Å². The number of benzene rings is 1. The summed E-state index contributed by atoms with van der Waals surface area (Å²) in [5, 5.41) is 2.33. The predicted octanol–water partition coefficient (Wildman–Crippen LogP) is 3.19. The van der Waals surface area contributed by atoms with E-state index in [1.165, 1.54) is 6.07 Å². The lowest BCUT2D eigenvalue weighted by atomic mass is 10.1. The van der Waals surface area contributed by atoms with Gasteiger partial charge in [-0.05, 0) is 30.4 Å². The number of carbonyl (C=O) groups is 1. The molecule has 0 spiro atoms. The number of nitrogens with one attached hydrogen (secondary N) is 1. The quantitative estimate of drug-likeness (QED) is 0.840. The van der Waals surface area contributed by atoms with Gasteiger partial charge in [0, 0.05) is 12.5 Å². The van der Waals surface area contributed by atoms with Gasteiger partial charge in [-0.3, -0.25) is 4.79 Å². The van der Waals surface area contributed by atoms with Gasteiger partial charge in [-0.1, -0.05) is 6.92 Å². The predicted molar refractivity (Wildman–Crippen MR) is 57.3 cm³/mol. The van der Waals surface area contributed by atoms with Gasteiger partial charge in [0.15, 0.2) is 0 Å². The summed E-state index contributed by atoms with van der Waals surface area (Å²) in [4.78, 5) is 11.1. The Morgan fingerprint density at radius 1 is 1.38 bits per heavy atom. The Balaban J connectivity index is 2.26. The number of anilines is 1. The Bertz CT molecular complexity index is 427. The van der Waals surface area contributed by atoms with Crippen LogP contribution in [-0.4, -0.2) is 5.91 Å². The van der Waals surface area contributed by atoms with Crippen LogP contribution in [0.15, 0.2) is 12.1 Å². The van der Waals surface area contributed by atoms with Crippen LogP contribution in [0.5, 0.6) is 0 Å². The molecule has 0 atom stereocenters. The molecule has 1 aromatic carbocycles. The fourth-order valence-electron chi connectivity index (χ4n) is 1.60. The molecule has 0 radical (unpaired) electrons. The summed E-state index contributed by atoms with van der Waals surface area (Å²) < 4.78 is 27.1. The zero-order valence-corrected chi connectivity index (χ0v) is 9.02. The van der Waals surface area contributed by atoms with Crippen LogP contribution in [0.1, 0.15) is 37.7 Å². The van der Waals surface area contributed by atoms with Crippen molar-refractivity contribution in [3.63, 3.8) is 0 Å². The van der Waals surface area contributed by atoms with Gasteiger partial charge in [0.2, 0.25) is 5.91 Å². The number of amides is 1. The van der Waals surface area contributed by atoms with Crippen LogP contribution in [0.25, 0.3) is 0 Å². The van der Waals surface area contributed by atoms with Crippen LogP contribution in [0.3, 0.4) is 0 Å². The summed E-state index contributed by atoms with van der Waals surface area (Å²) in [5.41, 5.74) is 0.348. The summed E-state index contributed by atoms with van der Waals surface area (Å²) in [6.07, 6.45) is 2.07. The molecule has 1 fully saturated rings. The Morgan fingerprint density at radius 2 is 2.06 bits per heavy atom. The van der Waals surface area contributed by atoms with E-state index in [4.69, 9.17) is 0 Å². The first-order valence-corrected chi connectivity index (χ1v) is 5.40. The first-order chi connectivity index (χ1) is 7.61. The lowest BCUT2D eigenvalue weighted by Crippen LogP contribution is -2.11. The van der Waals surface area contributed by atoms with E-state index in [0.717, 1.165) is 18.9 Å². The largest absolute Gasteiger partial charge is 0.324 e. The molecule has 0 heterocycles. The number of rotatable bonds is 3. The summed E-state index contributed by atoms with van der Waals surface area (Å²) in [6, 6.07) is 2.26. The minimum absolute atomic E-state index is 0.0752. The van der Waals surface area contributed by atoms with Crippen molar-refractivity contribution in [2.45, 2.75) is 32.1 Å². The first kappa shape index (κ1) is 11.0. The molecule has 0 bridgehead atoms. The van der Waals surface area contributed by atoms with Crippen LogP contribution < -0.4 is 5.32 Å². The summed E-state index contributed by atoms with van der Waals surface area (Å²) in [7, 11) is 0. The van der Waals surface area contributed by atoms with Gasteiger partial charge in [-0.25, -0.2) is 8.78 Å². The van der Waals surface area contributed by atoms with Crippen LogP contribution in [0, 0.1) is 11.6 Å². The minimum atomic E-state index is -0.565. The van der Waals surface area contributed by atoms with Crippen molar-refractivity contribution in [2.24, 2.45) is 0 Å². The van der Waals surface area contributed by atoms with E-state index in [2.05, 4.69) is 5.32 Å². The van der Waals surface area contributed by atoms with Crippen LogP contribution in [0.2, 0.25) is 0 Å². The van der Waals surface area contributed by atoms with Crippen molar-refractivity contribution in [1.29, 1.82) is 0 Å².